The van der Waals surface area contributed by atoms with Crippen molar-refractivity contribution in [2.75, 3.05) is 0 Å². The average Bonchev–Trinajstić information content (AvgIpc) is 2.87. The van der Waals surface area contributed by atoms with Crippen molar-refractivity contribution in [3.8, 4) is 10.4 Å². The summed E-state index contributed by atoms with van der Waals surface area (Å²) in [4.78, 5) is 2.74. The van der Waals surface area contributed by atoms with E-state index in [9.17, 15) is 0 Å². The van der Waals surface area contributed by atoms with Crippen LogP contribution in [0.3, 0.4) is 0 Å². The van der Waals surface area contributed by atoms with Gasteiger partial charge in [0.05, 0.1) is 0 Å². The molecule has 0 saturated carbocycles. The molecule has 0 nitrogen and oxygen atoms in total. The summed E-state index contributed by atoms with van der Waals surface area (Å²) in [6, 6.07) is 8.78. The first-order valence-corrected chi connectivity index (χ1v) is 6.91. The van der Waals surface area contributed by atoms with E-state index in [1.54, 1.807) is 0 Å². The van der Waals surface area contributed by atoms with Crippen LogP contribution in [0.25, 0.3) is 16.5 Å². The van der Waals surface area contributed by atoms with Gasteiger partial charge in [-0.05, 0) is 48.2 Å². The highest BCUT2D eigenvalue weighted by Gasteiger charge is 2.14. The number of benzene rings is 1. The first kappa shape index (κ1) is 10.3. The summed E-state index contributed by atoms with van der Waals surface area (Å²) in [6.45, 7) is 2.16. The Morgan fingerprint density at radius 1 is 1.19 bits per heavy atom. The molecule has 0 unspecified atom stereocenters. The van der Waals surface area contributed by atoms with E-state index in [0.29, 0.717) is 0 Å². The Labute approximate surface area is 108 Å². The lowest BCUT2D eigenvalue weighted by molar-refractivity contribution is 1.29. The van der Waals surface area contributed by atoms with Gasteiger partial charge < -0.3 is 0 Å². The molecule has 16 heavy (non-hydrogen) atoms. The number of fused-ring (bicyclic) bond motifs is 1. The van der Waals surface area contributed by atoms with Gasteiger partial charge in [-0.1, -0.05) is 34.1 Å². The number of allylic oxidation sites excluding steroid dienone is 1. The molecule has 1 heterocycles. The van der Waals surface area contributed by atoms with Crippen LogP contribution < -0.4 is 0 Å². The van der Waals surface area contributed by atoms with Gasteiger partial charge in [0.25, 0.3) is 0 Å². The van der Waals surface area contributed by atoms with Gasteiger partial charge in [0.1, 0.15) is 0 Å². The molecule has 1 aliphatic carbocycles. The van der Waals surface area contributed by atoms with Crippen LogP contribution in [0, 0.1) is 6.92 Å². The zero-order chi connectivity index (χ0) is 11.1. The molecule has 0 bridgehead atoms. The Morgan fingerprint density at radius 2 is 2.06 bits per heavy atom. The van der Waals surface area contributed by atoms with Gasteiger partial charge in [0.15, 0.2) is 0 Å². The molecule has 2 heteroatoms. The van der Waals surface area contributed by atoms with Crippen LogP contribution in [-0.4, -0.2) is 0 Å². The zero-order valence-corrected chi connectivity index (χ0v) is 11.4. The van der Waals surface area contributed by atoms with Crippen LogP contribution in [0.2, 0.25) is 0 Å². The van der Waals surface area contributed by atoms with Crippen molar-refractivity contribution in [1.29, 1.82) is 0 Å². The zero-order valence-electron chi connectivity index (χ0n) is 8.96. The maximum Gasteiger partial charge on any atom is 0.0351 e. The number of hydrogen-bond donors (Lipinski definition) is 0. The Kier molecular flexibility index (Phi) is 2.49. The molecular formula is C14H11BrS. The van der Waals surface area contributed by atoms with Gasteiger partial charge in [0, 0.05) is 14.2 Å². The predicted octanol–water partition coefficient (Wildman–Crippen LogP) is 5.06. The molecule has 1 aliphatic rings. The molecule has 0 radical (unpaired) electrons. The van der Waals surface area contributed by atoms with Crippen LogP contribution in [-0.2, 0) is 6.42 Å². The minimum atomic E-state index is 1.05. The van der Waals surface area contributed by atoms with Crippen molar-refractivity contribution in [3.05, 3.63) is 50.8 Å². The topological polar surface area (TPSA) is 0 Å². The molecule has 0 N–H and O–H groups in total. The highest BCUT2D eigenvalue weighted by molar-refractivity contribution is 9.10. The summed E-state index contributed by atoms with van der Waals surface area (Å²) in [7, 11) is 0. The molecule has 3 rings (SSSR count). The fraction of sp³-hybridized carbons (Fsp3) is 0.143. The highest BCUT2D eigenvalue weighted by atomic mass is 79.9. The van der Waals surface area contributed by atoms with Crippen molar-refractivity contribution < 1.29 is 0 Å². The summed E-state index contributed by atoms with van der Waals surface area (Å²) in [5.74, 6) is 0. The van der Waals surface area contributed by atoms with E-state index in [1.807, 2.05) is 11.3 Å². The van der Waals surface area contributed by atoms with E-state index in [-0.39, 0.29) is 0 Å². The molecule has 0 spiro atoms. The number of rotatable bonds is 1. The number of thiophene rings is 1. The molecule has 0 amide bonds. The van der Waals surface area contributed by atoms with E-state index in [4.69, 9.17) is 0 Å². The molecule has 80 valence electrons. The van der Waals surface area contributed by atoms with Crippen molar-refractivity contribution in [3.63, 3.8) is 0 Å². The fourth-order valence-corrected chi connectivity index (χ4v) is 3.54. The second kappa shape index (κ2) is 3.86. The first-order valence-electron chi connectivity index (χ1n) is 5.30. The van der Waals surface area contributed by atoms with E-state index < -0.39 is 0 Å². The lowest BCUT2D eigenvalue weighted by Gasteiger charge is -2.07. The Hall–Kier alpha value is -0.860. The minimum Gasteiger partial charge on any atom is -0.141 e. The maximum atomic E-state index is 3.62. The van der Waals surface area contributed by atoms with E-state index in [2.05, 4.69) is 59.3 Å². The van der Waals surface area contributed by atoms with Gasteiger partial charge in [-0.15, -0.1) is 11.3 Å². The van der Waals surface area contributed by atoms with Crippen LogP contribution in [0.1, 0.15) is 16.0 Å². The van der Waals surface area contributed by atoms with Crippen LogP contribution in [0.5, 0.6) is 0 Å². The van der Waals surface area contributed by atoms with Crippen molar-refractivity contribution in [1.82, 2.24) is 0 Å². The molecule has 0 atom stereocenters. The molecule has 0 fully saturated rings. The monoisotopic (exact) mass is 290 g/mol. The largest absolute Gasteiger partial charge is 0.141 e. The maximum absolute atomic E-state index is 3.62. The summed E-state index contributed by atoms with van der Waals surface area (Å²) in [6.07, 6.45) is 5.53. The van der Waals surface area contributed by atoms with Crippen molar-refractivity contribution >= 4 is 33.3 Å². The van der Waals surface area contributed by atoms with E-state index >= 15 is 0 Å². The number of aryl methyl sites for hydroxylation is 1. The lowest BCUT2D eigenvalue weighted by Crippen LogP contribution is -1.87. The van der Waals surface area contributed by atoms with E-state index in [1.165, 1.54) is 30.9 Å². The van der Waals surface area contributed by atoms with Crippen LogP contribution in [0.4, 0.5) is 0 Å². The summed E-state index contributed by atoms with van der Waals surface area (Å²) < 4.78 is 1.23. The second-order valence-electron chi connectivity index (χ2n) is 4.00. The quantitative estimate of drug-likeness (QED) is 0.689. The molecular weight excluding hydrogens is 280 g/mol. The van der Waals surface area contributed by atoms with Gasteiger partial charge >= 0.3 is 0 Å². The van der Waals surface area contributed by atoms with Crippen LogP contribution >= 0.6 is 27.3 Å². The van der Waals surface area contributed by atoms with Gasteiger partial charge in [-0.3, -0.25) is 0 Å². The summed E-state index contributed by atoms with van der Waals surface area (Å²) >= 11 is 5.49. The van der Waals surface area contributed by atoms with Gasteiger partial charge in [0.2, 0.25) is 0 Å². The standard InChI is InChI=1S/C14H11BrS/c1-9-5-8-14(16-9)12-6-7-13(15)11-4-2-3-10(11)12/h2-3,5-8H,4H2,1H3. The highest BCUT2D eigenvalue weighted by Crippen LogP contribution is 2.38. The minimum absolute atomic E-state index is 1.05. The van der Waals surface area contributed by atoms with Gasteiger partial charge in [-0.25, -0.2) is 0 Å². The average molecular weight is 291 g/mol. The molecule has 1 aromatic heterocycles. The molecule has 0 aliphatic heterocycles. The fourth-order valence-electron chi connectivity index (χ4n) is 2.12. The Bertz CT molecular complexity index is 578. The van der Waals surface area contributed by atoms with Crippen LogP contribution in [0.15, 0.2) is 34.8 Å². The predicted molar refractivity (Wildman–Crippen MR) is 74.9 cm³/mol. The third-order valence-corrected chi connectivity index (χ3v) is 4.69. The normalized spacial score (nSPS) is 13.1. The van der Waals surface area contributed by atoms with E-state index in [0.717, 1.165) is 6.42 Å². The first-order chi connectivity index (χ1) is 7.75. The molecule has 2 aromatic rings. The Balaban J connectivity index is 2.22. The lowest BCUT2D eigenvalue weighted by atomic mass is 10.0. The SMILES string of the molecule is Cc1ccc(-c2ccc(Br)c3c2C=CC3)s1. The van der Waals surface area contributed by atoms with Crippen molar-refractivity contribution in [2.24, 2.45) is 0 Å². The third kappa shape index (κ3) is 1.57. The smallest absolute Gasteiger partial charge is 0.0351 e. The number of hydrogen-bond acceptors (Lipinski definition) is 1. The summed E-state index contributed by atoms with van der Waals surface area (Å²) in [5, 5.41) is 0. The summed E-state index contributed by atoms with van der Waals surface area (Å²) in [5.41, 5.74) is 4.17. The Morgan fingerprint density at radius 3 is 2.81 bits per heavy atom. The third-order valence-electron chi connectivity index (χ3n) is 2.91. The second-order valence-corrected chi connectivity index (χ2v) is 6.15. The van der Waals surface area contributed by atoms with Crippen molar-refractivity contribution in [2.45, 2.75) is 13.3 Å². The van der Waals surface area contributed by atoms with Gasteiger partial charge in [-0.2, -0.15) is 0 Å². The molecule has 0 saturated heterocycles. The molecule has 1 aromatic carbocycles. The number of halogens is 1.